The Morgan fingerprint density at radius 1 is 0.255 bits per heavy atom. The highest BCUT2D eigenvalue weighted by molar-refractivity contribution is 7.47. The van der Waals surface area contributed by atoms with E-state index in [1.807, 2.05) is 0 Å². The van der Waals surface area contributed by atoms with Crippen LogP contribution in [0.3, 0.4) is 0 Å². The molecule has 5 atom stereocenters. The Hall–Kier alpha value is -1.94. The van der Waals surface area contributed by atoms with Gasteiger partial charge in [-0.15, -0.1) is 0 Å². The molecule has 0 aromatic heterocycles. The highest BCUT2D eigenvalue weighted by Gasteiger charge is 2.30. The lowest BCUT2D eigenvalue weighted by Crippen LogP contribution is -2.30. The number of carbonyl (C=O) groups is 4. The van der Waals surface area contributed by atoms with Crippen molar-refractivity contribution < 1.29 is 80.2 Å². The van der Waals surface area contributed by atoms with Gasteiger partial charge in [0.05, 0.1) is 26.4 Å². The van der Waals surface area contributed by atoms with Crippen molar-refractivity contribution in [3.8, 4) is 0 Å². The third kappa shape index (κ3) is 72.4. The zero-order chi connectivity index (χ0) is 72.4. The first-order chi connectivity index (χ1) is 47.1. The number of hydrogen-bond acceptors (Lipinski definition) is 15. The monoisotopic (exact) mass is 1440 g/mol. The van der Waals surface area contributed by atoms with Gasteiger partial charge in [0.1, 0.15) is 19.3 Å². The normalized spacial score (nSPS) is 14.1. The topological polar surface area (TPSA) is 237 Å². The third-order valence-corrected chi connectivity index (χ3v) is 20.2. The molecule has 0 saturated heterocycles. The Balaban J connectivity index is 5.25. The molecule has 0 aliphatic heterocycles. The minimum Gasteiger partial charge on any atom is -0.462 e. The zero-order valence-corrected chi connectivity index (χ0v) is 66.2. The predicted molar refractivity (Wildman–Crippen MR) is 400 cm³/mol. The number of phosphoric ester groups is 2. The van der Waals surface area contributed by atoms with E-state index in [4.69, 9.17) is 37.0 Å². The van der Waals surface area contributed by atoms with Crippen LogP contribution >= 0.6 is 15.6 Å². The number of aliphatic hydroxyl groups excluding tert-OH is 1. The van der Waals surface area contributed by atoms with Crippen LogP contribution in [-0.2, 0) is 65.4 Å². The lowest BCUT2D eigenvalue weighted by atomic mass is 10.0. The summed E-state index contributed by atoms with van der Waals surface area (Å²) in [6, 6.07) is 0. The van der Waals surface area contributed by atoms with E-state index < -0.39 is 97.5 Å². The molecule has 0 fully saturated rings. The van der Waals surface area contributed by atoms with Gasteiger partial charge in [0.25, 0.3) is 0 Å². The molecular formula is C79H154O17P2. The second-order valence-electron chi connectivity index (χ2n) is 30.4. The molecule has 0 heterocycles. The van der Waals surface area contributed by atoms with Crippen LogP contribution in [0.1, 0.15) is 402 Å². The molecule has 0 saturated carbocycles. The Morgan fingerprint density at radius 2 is 0.429 bits per heavy atom. The van der Waals surface area contributed by atoms with E-state index in [9.17, 15) is 43.2 Å². The summed E-state index contributed by atoms with van der Waals surface area (Å²) in [4.78, 5) is 72.9. The molecule has 0 aliphatic rings. The first-order valence-electron chi connectivity index (χ1n) is 40.7. The SMILES string of the molecule is CC(C)CCCCCCCCCCCCCCCCCC(=O)O[C@H](COC(=O)CCCCCCCCCCCCCCCC(C)C)COP(=O)(O)OCC(O)COP(=O)(O)OC[C@@H](COC(=O)CCCCCCCCCC(C)C)OC(=O)CCCCCCCCCCCCCC(C)C. The minimum absolute atomic E-state index is 0.105. The Morgan fingerprint density at radius 3 is 0.633 bits per heavy atom. The van der Waals surface area contributed by atoms with Gasteiger partial charge in [-0.2, -0.15) is 0 Å². The van der Waals surface area contributed by atoms with Crippen molar-refractivity contribution >= 4 is 39.5 Å². The van der Waals surface area contributed by atoms with E-state index in [-0.39, 0.29) is 25.7 Å². The second kappa shape index (κ2) is 68.2. The number of unbranched alkanes of at least 4 members (excludes halogenated alkanes) is 42. The molecule has 0 spiro atoms. The van der Waals surface area contributed by atoms with Gasteiger partial charge in [0.2, 0.25) is 0 Å². The van der Waals surface area contributed by atoms with E-state index in [1.165, 1.54) is 199 Å². The van der Waals surface area contributed by atoms with Crippen molar-refractivity contribution in [2.24, 2.45) is 23.7 Å². The fourth-order valence-corrected chi connectivity index (χ4v) is 13.7. The molecule has 0 aliphatic carbocycles. The maximum atomic E-state index is 13.1. The second-order valence-corrected chi connectivity index (χ2v) is 33.3. The maximum Gasteiger partial charge on any atom is 0.472 e. The quantitative estimate of drug-likeness (QED) is 0.0222. The average molecular weight is 1440 g/mol. The number of esters is 4. The first-order valence-corrected chi connectivity index (χ1v) is 43.7. The number of phosphoric acid groups is 2. The summed E-state index contributed by atoms with van der Waals surface area (Å²) in [7, 11) is -9.92. The highest BCUT2D eigenvalue weighted by Crippen LogP contribution is 2.45. The Labute approximate surface area is 600 Å². The van der Waals surface area contributed by atoms with Crippen molar-refractivity contribution in [3.05, 3.63) is 0 Å². The van der Waals surface area contributed by atoms with Crippen molar-refractivity contribution in [3.63, 3.8) is 0 Å². The highest BCUT2D eigenvalue weighted by atomic mass is 31.2. The lowest BCUT2D eigenvalue weighted by molar-refractivity contribution is -0.161. The van der Waals surface area contributed by atoms with Crippen molar-refractivity contribution in [2.75, 3.05) is 39.6 Å². The number of aliphatic hydroxyl groups is 1. The van der Waals surface area contributed by atoms with Crippen LogP contribution in [0.4, 0.5) is 0 Å². The summed E-state index contributed by atoms with van der Waals surface area (Å²) in [5, 5.41) is 10.6. The van der Waals surface area contributed by atoms with Gasteiger partial charge in [-0.3, -0.25) is 37.3 Å². The molecule has 582 valence electrons. The standard InChI is InChI=1S/C79H154O17P2/c1-69(2)55-47-39-31-24-18-13-10-9-11-15-22-28-36-45-53-61-78(83)95-74(65-89-76(81)59-51-43-35-27-21-16-12-14-19-25-32-40-48-56-70(3)4)67-93-97(85,86)91-63-73(80)64-92-98(87,88)94-68-75(66-90-77(82)60-52-44-38-30-34-42-50-58-72(7)8)96-79(84)62-54-46-37-29-23-17-20-26-33-41-49-57-71(5)6/h69-75,80H,9-68H2,1-8H3,(H,85,86)(H,87,88)/t73?,74-,75-/m1/s1. The molecule has 3 unspecified atom stereocenters. The van der Waals surface area contributed by atoms with Crippen molar-refractivity contribution in [1.82, 2.24) is 0 Å². The summed E-state index contributed by atoms with van der Waals surface area (Å²) in [5.74, 6) is 0.947. The number of rotatable bonds is 76. The van der Waals surface area contributed by atoms with Gasteiger partial charge in [0.15, 0.2) is 12.2 Å². The largest absolute Gasteiger partial charge is 0.472 e. The number of hydrogen-bond donors (Lipinski definition) is 3. The number of ether oxygens (including phenoxy) is 4. The predicted octanol–water partition coefficient (Wildman–Crippen LogP) is 23.2. The zero-order valence-electron chi connectivity index (χ0n) is 64.4. The molecule has 17 nitrogen and oxygen atoms in total. The molecule has 19 heteroatoms. The lowest BCUT2D eigenvalue weighted by Gasteiger charge is -2.21. The Bertz CT molecular complexity index is 1920. The Kier molecular flexibility index (Phi) is 66.8. The molecular weight excluding hydrogens is 1280 g/mol. The summed E-state index contributed by atoms with van der Waals surface area (Å²) in [6.45, 7) is 14.2. The summed E-state index contributed by atoms with van der Waals surface area (Å²) in [6.07, 6.45) is 54.1. The number of carbonyl (C=O) groups excluding carboxylic acids is 4. The summed E-state index contributed by atoms with van der Waals surface area (Å²) in [5.41, 5.74) is 0. The van der Waals surface area contributed by atoms with Gasteiger partial charge in [-0.05, 0) is 49.4 Å². The first kappa shape index (κ1) is 96.1. The van der Waals surface area contributed by atoms with E-state index >= 15 is 0 Å². The van der Waals surface area contributed by atoms with Crippen molar-refractivity contribution in [1.29, 1.82) is 0 Å². The fraction of sp³-hybridized carbons (Fsp3) is 0.949. The van der Waals surface area contributed by atoms with Crippen LogP contribution in [-0.4, -0.2) is 96.7 Å². The molecule has 0 radical (unpaired) electrons. The molecule has 0 rings (SSSR count). The maximum absolute atomic E-state index is 13.1. The van der Waals surface area contributed by atoms with Crippen LogP contribution in [0, 0.1) is 23.7 Å². The fourth-order valence-electron chi connectivity index (χ4n) is 12.1. The van der Waals surface area contributed by atoms with E-state index in [2.05, 4.69) is 55.4 Å². The average Bonchev–Trinajstić information content (AvgIpc) is 1.02. The summed E-state index contributed by atoms with van der Waals surface area (Å²) >= 11 is 0. The van der Waals surface area contributed by atoms with E-state index in [0.717, 1.165) is 114 Å². The molecule has 3 N–H and O–H groups in total. The minimum atomic E-state index is -4.96. The van der Waals surface area contributed by atoms with Gasteiger partial charge < -0.3 is 33.8 Å². The van der Waals surface area contributed by atoms with Gasteiger partial charge in [-0.1, -0.05) is 351 Å². The molecule has 0 amide bonds. The smallest absolute Gasteiger partial charge is 0.462 e. The summed E-state index contributed by atoms with van der Waals surface area (Å²) < 4.78 is 68.6. The molecule has 0 bridgehead atoms. The van der Waals surface area contributed by atoms with Gasteiger partial charge in [0, 0.05) is 25.7 Å². The molecule has 0 aromatic rings. The van der Waals surface area contributed by atoms with Crippen LogP contribution in [0.5, 0.6) is 0 Å². The van der Waals surface area contributed by atoms with E-state index in [0.29, 0.717) is 31.6 Å². The van der Waals surface area contributed by atoms with Crippen LogP contribution < -0.4 is 0 Å². The van der Waals surface area contributed by atoms with Crippen LogP contribution in [0.15, 0.2) is 0 Å². The van der Waals surface area contributed by atoms with Gasteiger partial charge >= 0.3 is 39.5 Å². The van der Waals surface area contributed by atoms with Crippen LogP contribution in [0.2, 0.25) is 0 Å². The van der Waals surface area contributed by atoms with Crippen LogP contribution in [0.25, 0.3) is 0 Å². The van der Waals surface area contributed by atoms with Gasteiger partial charge in [-0.25, -0.2) is 9.13 Å². The van der Waals surface area contributed by atoms with Crippen molar-refractivity contribution in [2.45, 2.75) is 420 Å². The molecule has 0 aromatic carbocycles. The van der Waals surface area contributed by atoms with E-state index in [1.54, 1.807) is 0 Å². The molecule has 98 heavy (non-hydrogen) atoms. The third-order valence-electron chi connectivity index (χ3n) is 18.3.